The van der Waals surface area contributed by atoms with Crippen molar-refractivity contribution in [1.82, 2.24) is 10.6 Å². The minimum atomic E-state index is -0.0587. The quantitative estimate of drug-likeness (QED) is 0.891. The molecular weight excluding hydrogens is 302 g/mol. The number of amides is 3. The number of carbonyl (C=O) groups excluding carboxylic acids is 2. The number of benzene rings is 1. The van der Waals surface area contributed by atoms with Crippen molar-refractivity contribution in [1.29, 1.82) is 0 Å². The van der Waals surface area contributed by atoms with E-state index in [0.717, 1.165) is 24.9 Å². The topological polar surface area (TPSA) is 61.4 Å². The van der Waals surface area contributed by atoms with Crippen LogP contribution in [0.1, 0.15) is 56.9 Å². The van der Waals surface area contributed by atoms with Crippen LogP contribution in [0.3, 0.4) is 0 Å². The molecule has 5 heteroatoms. The third-order valence-corrected chi connectivity index (χ3v) is 5.17. The van der Waals surface area contributed by atoms with Crippen LogP contribution in [0.4, 0.5) is 10.5 Å². The Bertz CT molecular complexity index is 596. The lowest BCUT2D eigenvalue weighted by molar-refractivity contribution is -0.116. The van der Waals surface area contributed by atoms with Crippen molar-refractivity contribution in [2.45, 2.75) is 57.4 Å². The zero-order valence-electron chi connectivity index (χ0n) is 14.4. The molecule has 24 heavy (non-hydrogen) atoms. The molecule has 5 nitrogen and oxygen atoms in total. The van der Waals surface area contributed by atoms with E-state index in [2.05, 4.69) is 16.7 Å². The third kappa shape index (κ3) is 3.89. The molecule has 1 aromatic carbocycles. The predicted molar refractivity (Wildman–Crippen MR) is 95.2 cm³/mol. The summed E-state index contributed by atoms with van der Waals surface area (Å²) in [5.41, 5.74) is 2.23. The SMILES string of the molecule is CC(=O)N1CC(CCNC(=O)NC2CCCCC2)c2ccccc21. The summed E-state index contributed by atoms with van der Waals surface area (Å²) in [6, 6.07) is 8.34. The molecule has 3 amide bonds. The molecule has 130 valence electrons. The van der Waals surface area contributed by atoms with Crippen LogP contribution in [0.15, 0.2) is 24.3 Å². The molecule has 1 aliphatic heterocycles. The standard InChI is InChI=1S/C19H27N3O2/c1-14(23)22-13-15(17-9-5-6-10-18(17)22)11-12-20-19(24)21-16-7-3-2-4-8-16/h5-6,9-10,15-16H,2-4,7-8,11-13H2,1H3,(H2,20,21,24). The van der Waals surface area contributed by atoms with Gasteiger partial charge in [-0.1, -0.05) is 37.5 Å². The lowest BCUT2D eigenvalue weighted by Crippen LogP contribution is -2.43. The molecular formula is C19H27N3O2. The molecule has 1 heterocycles. The zero-order chi connectivity index (χ0) is 16.9. The molecule has 0 saturated heterocycles. The second-order valence-corrected chi connectivity index (χ2v) is 6.91. The average Bonchev–Trinajstić information content (AvgIpc) is 2.95. The average molecular weight is 329 g/mol. The predicted octanol–water partition coefficient (Wildman–Crippen LogP) is 3.16. The Labute approximate surface area is 143 Å². The highest BCUT2D eigenvalue weighted by atomic mass is 16.2. The number of nitrogens with one attached hydrogen (secondary N) is 2. The van der Waals surface area contributed by atoms with E-state index in [1.54, 1.807) is 6.92 Å². The first-order chi connectivity index (χ1) is 11.6. The van der Waals surface area contributed by atoms with Gasteiger partial charge in [-0.25, -0.2) is 4.79 Å². The Hall–Kier alpha value is -2.04. The van der Waals surface area contributed by atoms with Crippen LogP contribution in [0.25, 0.3) is 0 Å². The second kappa shape index (κ2) is 7.69. The van der Waals surface area contributed by atoms with E-state index in [9.17, 15) is 9.59 Å². The van der Waals surface area contributed by atoms with E-state index in [1.165, 1.54) is 24.8 Å². The summed E-state index contributed by atoms with van der Waals surface area (Å²) < 4.78 is 0. The molecule has 1 aliphatic carbocycles. The fourth-order valence-corrected chi connectivity index (χ4v) is 3.88. The molecule has 2 N–H and O–H groups in total. The molecule has 1 fully saturated rings. The number of rotatable bonds is 4. The maximum atomic E-state index is 12.0. The van der Waals surface area contributed by atoms with Crippen LogP contribution < -0.4 is 15.5 Å². The number of hydrogen-bond acceptors (Lipinski definition) is 2. The summed E-state index contributed by atoms with van der Waals surface area (Å²) >= 11 is 0. The summed E-state index contributed by atoms with van der Waals surface area (Å²) in [6.07, 6.45) is 6.75. The Kier molecular flexibility index (Phi) is 5.38. The number of carbonyl (C=O) groups is 2. The van der Waals surface area contributed by atoms with Gasteiger partial charge in [-0.05, 0) is 30.9 Å². The molecule has 0 spiro atoms. The monoisotopic (exact) mass is 329 g/mol. The Morgan fingerprint density at radius 2 is 1.92 bits per heavy atom. The minimum Gasteiger partial charge on any atom is -0.338 e. The molecule has 0 bridgehead atoms. The van der Waals surface area contributed by atoms with Gasteiger partial charge in [0.25, 0.3) is 0 Å². The number of hydrogen-bond donors (Lipinski definition) is 2. The number of para-hydroxylation sites is 1. The van der Waals surface area contributed by atoms with Crippen LogP contribution in [-0.2, 0) is 4.79 Å². The highest BCUT2D eigenvalue weighted by molar-refractivity contribution is 5.94. The highest BCUT2D eigenvalue weighted by Gasteiger charge is 2.30. The van der Waals surface area contributed by atoms with Crippen molar-refractivity contribution in [3.63, 3.8) is 0 Å². The van der Waals surface area contributed by atoms with Gasteiger partial charge >= 0.3 is 6.03 Å². The van der Waals surface area contributed by atoms with Gasteiger partial charge in [0.1, 0.15) is 0 Å². The van der Waals surface area contributed by atoms with Crippen molar-refractivity contribution >= 4 is 17.6 Å². The summed E-state index contributed by atoms with van der Waals surface area (Å²) in [7, 11) is 0. The lowest BCUT2D eigenvalue weighted by atomic mass is 9.96. The Balaban J connectivity index is 1.48. The van der Waals surface area contributed by atoms with E-state index in [-0.39, 0.29) is 11.9 Å². The van der Waals surface area contributed by atoms with Crippen molar-refractivity contribution in [2.75, 3.05) is 18.0 Å². The van der Waals surface area contributed by atoms with Gasteiger partial charge in [0, 0.05) is 37.7 Å². The maximum Gasteiger partial charge on any atom is 0.315 e. The van der Waals surface area contributed by atoms with Crippen molar-refractivity contribution < 1.29 is 9.59 Å². The molecule has 2 aliphatic rings. The maximum absolute atomic E-state index is 12.0. The number of fused-ring (bicyclic) bond motifs is 1. The van der Waals surface area contributed by atoms with Crippen LogP contribution >= 0.6 is 0 Å². The lowest BCUT2D eigenvalue weighted by Gasteiger charge is -2.23. The summed E-state index contributed by atoms with van der Waals surface area (Å²) in [6.45, 7) is 2.94. The van der Waals surface area contributed by atoms with Gasteiger partial charge in [-0.15, -0.1) is 0 Å². The molecule has 3 rings (SSSR count). The second-order valence-electron chi connectivity index (χ2n) is 6.91. The van der Waals surface area contributed by atoms with Crippen molar-refractivity contribution in [3.05, 3.63) is 29.8 Å². The molecule has 1 saturated carbocycles. The number of anilines is 1. The van der Waals surface area contributed by atoms with Crippen LogP contribution in [0.5, 0.6) is 0 Å². The van der Waals surface area contributed by atoms with E-state index in [1.807, 2.05) is 23.1 Å². The molecule has 0 radical (unpaired) electrons. The third-order valence-electron chi connectivity index (χ3n) is 5.17. The Morgan fingerprint density at radius 1 is 1.17 bits per heavy atom. The number of nitrogens with zero attached hydrogens (tertiary/aromatic N) is 1. The first-order valence-corrected chi connectivity index (χ1v) is 9.06. The highest BCUT2D eigenvalue weighted by Crippen LogP contribution is 2.37. The fourth-order valence-electron chi connectivity index (χ4n) is 3.88. The van der Waals surface area contributed by atoms with Crippen LogP contribution in [-0.4, -0.2) is 31.1 Å². The summed E-state index contributed by atoms with van der Waals surface area (Å²) in [5.74, 6) is 0.369. The Morgan fingerprint density at radius 3 is 2.67 bits per heavy atom. The normalized spacial score (nSPS) is 20.5. The van der Waals surface area contributed by atoms with E-state index in [0.29, 0.717) is 25.0 Å². The van der Waals surface area contributed by atoms with Gasteiger partial charge in [0.15, 0.2) is 0 Å². The summed E-state index contributed by atoms with van der Waals surface area (Å²) in [5, 5.41) is 6.05. The first kappa shape index (κ1) is 16.8. The first-order valence-electron chi connectivity index (χ1n) is 9.06. The van der Waals surface area contributed by atoms with Crippen molar-refractivity contribution in [2.24, 2.45) is 0 Å². The zero-order valence-corrected chi connectivity index (χ0v) is 14.4. The molecule has 1 unspecified atom stereocenters. The van der Waals surface area contributed by atoms with Gasteiger partial charge in [-0.2, -0.15) is 0 Å². The minimum absolute atomic E-state index is 0.0587. The van der Waals surface area contributed by atoms with Gasteiger partial charge in [0.2, 0.25) is 5.91 Å². The fraction of sp³-hybridized carbons (Fsp3) is 0.579. The van der Waals surface area contributed by atoms with Crippen LogP contribution in [0.2, 0.25) is 0 Å². The summed E-state index contributed by atoms with van der Waals surface area (Å²) in [4.78, 5) is 25.7. The molecule has 1 aromatic rings. The van der Waals surface area contributed by atoms with Crippen LogP contribution in [0, 0.1) is 0 Å². The van der Waals surface area contributed by atoms with Crippen molar-refractivity contribution in [3.8, 4) is 0 Å². The largest absolute Gasteiger partial charge is 0.338 e. The van der Waals surface area contributed by atoms with E-state index < -0.39 is 0 Å². The van der Waals surface area contributed by atoms with E-state index in [4.69, 9.17) is 0 Å². The number of urea groups is 1. The van der Waals surface area contributed by atoms with E-state index >= 15 is 0 Å². The molecule has 0 aromatic heterocycles. The van der Waals surface area contributed by atoms with Gasteiger partial charge in [-0.3, -0.25) is 4.79 Å². The smallest absolute Gasteiger partial charge is 0.315 e. The van der Waals surface area contributed by atoms with Gasteiger partial charge in [0.05, 0.1) is 0 Å². The van der Waals surface area contributed by atoms with Gasteiger partial charge < -0.3 is 15.5 Å². The molecule has 1 atom stereocenters.